The number of likely N-dealkylation sites (tertiary alicyclic amines) is 1. The lowest BCUT2D eigenvalue weighted by atomic mass is 9.80. The predicted octanol–water partition coefficient (Wildman–Crippen LogP) is 2.84. The van der Waals surface area contributed by atoms with Crippen LogP contribution in [0.2, 0.25) is 0 Å². The smallest absolute Gasteiger partial charge is 0.292 e. The lowest BCUT2D eigenvalue weighted by Gasteiger charge is -2.28. The average molecular weight is 279 g/mol. The molecule has 3 aliphatic rings. The van der Waals surface area contributed by atoms with Crippen molar-refractivity contribution in [2.45, 2.75) is 51.9 Å². The van der Waals surface area contributed by atoms with Gasteiger partial charge in [0.2, 0.25) is 5.76 Å². The van der Waals surface area contributed by atoms with Crippen molar-refractivity contribution < 1.29 is 14.3 Å². The number of amides is 1. The summed E-state index contributed by atoms with van der Waals surface area (Å²) < 4.78 is 11.0. The highest BCUT2D eigenvalue weighted by molar-refractivity contribution is 5.92. The number of hydrogen-bond donors (Lipinski definition) is 0. The molecule has 1 saturated carbocycles. The fourth-order valence-electron chi connectivity index (χ4n) is 3.86. The molecule has 2 heterocycles. The number of ether oxygens (including phenoxy) is 2. The van der Waals surface area contributed by atoms with Gasteiger partial charge in [-0.15, -0.1) is 0 Å². The van der Waals surface area contributed by atoms with Gasteiger partial charge < -0.3 is 14.4 Å². The predicted molar refractivity (Wildman–Crippen MR) is 75.9 cm³/mol. The molecule has 4 nitrogen and oxygen atoms in total. The van der Waals surface area contributed by atoms with E-state index >= 15 is 0 Å². The van der Waals surface area contributed by atoms with E-state index in [1.807, 2.05) is 11.8 Å². The van der Waals surface area contributed by atoms with Gasteiger partial charge in [0.15, 0.2) is 0 Å². The van der Waals surface area contributed by atoms with Crippen LogP contribution in [0.4, 0.5) is 0 Å². The maximum absolute atomic E-state index is 12.6. The van der Waals surface area contributed by atoms with Gasteiger partial charge >= 0.3 is 0 Å². The first-order valence-corrected chi connectivity index (χ1v) is 7.96. The van der Waals surface area contributed by atoms with Gasteiger partial charge in [-0.1, -0.05) is 25.7 Å². The van der Waals surface area contributed by atoms with Gasteiger partial charge in [0.25, 0.3) is 5.91 Å². The Kier molecular flexibility index (Phi) is 3.90. The van der Waals surface area contributed by atoms with E-state index in [1.165, 1.54) is 38.5 Å². The summed E-state index contributed by atoms with van der Waals surface area (Å²) in [4.78, 5) is 14.6. The molecule has 1 amide bonds. The quantitative estimate of drug-likeness (QED) is 0.741. The molecule has 0 unspecified atom stereocenters. The molecule has 3 rings (SSSR count). The zero-order valence-corrected chi connectivity index (χ0v) is 12.5. The van der Waals surface area contributed by atoms with E-state index in [4.69, 9.17) is 9.47 Å². The van der Waals surface area contributed by atoms with Crippen molar-refractivity contribution in [2.24, 2.45) is 5.41 Å². The minimum Gasteiger partial charge on any atom is -0.491 e. The van der Waals surface area contributed by atoms with E-state index in [1.54, 1.807) is 0 Å². The van der Waals surface area contributed by atoms with Crippen LogP contribution < -0.4 is 0 Å². The molecule has 0 bridgehead atoms. The molecule has 1 spiro atoms. The van der Waals surface area contributed by atoms with Gasteiger partial charge in [-0.2, -0.15) is 0 Å². The second kappa shape index (κ2) is 5.66. The van der Waals surface area contributed by atoms with Crippen molar-refractivity contribution >= 4 is 5.91 Å². The first kappa shape index (κ1) is 13.8. The molecule has 0 radical (unpaired) electrons. The van der Waals surface area contributed by atoms with Gasteiger partial charge in [-0.25, -0.2) is 0 Å². The lowest BCUT2D eigenvalue weighted by molar-refractivity contribution is -0.132. The summed E-state index contributed by atoms with van der Waals surface area (Å²) in [6, 6.07) is 0. The summed E-state index contributed by atoms with van der Waals surface area (Å²) in [7, 11) is 0. The zero-order valence-electron chi connectivity index (χ0n) is 12.5. The summed E-state index contributed by atoms with van der Waals surface area (Å²) in [6.45, 7) is 4.64. The largest absolute Gasteiger partial charge is 0.491 e. The Morgan fingerprint density at radius 2 is 1.75 bits per heavy atom. The molecule has 20 heavy (non-hydrogen) atoms. The molecule has 1 saturated heterocycles. The molecule has 1 aliphatic carbocycles. The normalized spacial score (nSPS) is 26.1. The summed E-state index contributed by atoms with van der Waals surface area (Å²) in [6.07, 6.45) is 9.09. The molecule has 2 fully saturated rings. The van der Waals surface area contributed by atoms with Crippen molar-refractivity contribution in [3.05, 3.63) is 11.5 Å². The number of carbonyl (C=O) groups excluding carboxylic acids is 1. The fraction of sp³-hybridized carbons (Fsp3) is 0.812. The fourth-order valence-corrected chi connectivity index (χ4v) is 3.86. The highest BCUT2D eigenvalue weighted by Gasteiger charge is 2.41. The van der Waals surface area contributed by atoms with Crippen LogP contribution in [0.5, 0.6) is 0 Å². The summed E-state index contributed by atoms with van der Waals surface area (Å²) >= 11 is 0. The Morgan fingerprint density at radius 1 is 1.05 bits per heavy atom. The van der Waals surface area contributed by atoms with E-state index in [0.29, 0.717) is 30.1 Å². The lowest BCUT2D eigenvalue weighted by Crippen LogP contribution is -2.35. The van der Waals surface area contributed by atoms with E-state index in [0.717, 1.165) is 19.5 Å². The van der Waals surface area contributed by atoms with Gasteiger partial charge in [0.1, 0.15) is 19.0 Å². The summed E-state index contributed by atoms with van der Waals surface area (Å²) in [5.41, 5.74) is 0.385. The number of allylic oxidation sites excluding steroid dienone is 1. The average Bonchev–Trinajstić information content (AvgIpc) is 2.72. The van der Waals surface area contributed by atoms with Crippen LogP contribution in [0.25, 0.3) is 0 Å². The Bertz CT molecular complexity index is 408. The number of carbonyl (C=O) groups is 1. The minimum absolute atomic E-state index is 0.0309. The van der Waals surface area contributed by atoms with Crippen molar-refractivity contribution in [1.29, 1.82) is 0 Å². The topological polar surface area (TPSA) is 38.8 Å². The monoisotopic (exact) mass is 279 g/mol. The van der Waals surface area contributed by atoms with E-state index in [2.05, 4.69) is 0 Å². The number of rotatable bonds is 1. The third kappa shape index (κ3) is 2.65. The van der Waals surface area contributed by atoms with Crippen LogP contribution in [0, 0.1) is 5.41 Å². The van der Waals surface area contributed by atoms with Crippen molar-refractivity contribution in [2.75, 3.05) is 26.3 Å². The number of hydrogen-bond acceptors (Lipinski definition) is 3. The van der Waals surface area contributed by atoms with Crippen LogP contribution >= 0.6 is 0 Å². The molecule has 2 aliphatic heterocycles. The first-order chi connectivity index (χ1) is 9.70. The third-order valence-corrected chi connectivity index (χ3v) is 5.05. The Labute approximate surface area is 121 Å². The van der Waals surface area contributed by atoms with E-state index in [9.17, 15) is 4.79 Å². The Balaban J connectivity index is 1.68. The van der Waals surface area contributed by atoms with Crippen LogP contribution in [0.1, 0.15) is 51.9 Å². The van der Waals surface area contributed by atoms with Crippen LogP contribution in [-0.4, -0.2) is 37.1 Å². The minimum atomic E-state index is 0.0309. The molecule has 0 atom stereocenters. The second-order valence-corrected chi connectivity index (χ2v) is 6.47. The highest BCUT2D eigenvalue weighted by Crippen LogP contribution is 2.43. The van der Waals surface area contributed by atoms with E-state index < -0.39 is 0 Å². The van der Waals surface area contributed by atoms with Gasteiger partial charge in [0, 0.05) is 13.1 Å². The standard InChI is InChI=1S/C16H25NO3/c1-13-14(20-11-10-19-13)15(18)17-9-8-16(12-17)6-4-2-3-5-7-16/h2-12H2,1H3. The van der Waals surface area contributed by atoms with Crippen molar-refractivity contribution in [1.82, 2.24) is 4.90 Å². The molecular weight excluding hydrogens is 254 g/mol. The third-order valence-electron chi connectivity index (χ3n) is 5.05. The Morgan fingerprint density at radius 3 is 2.45 bits per heavy atom. The molecule has 0 aromatic heterocycles. The van der Waals surface area contributed by atoms with Crippen molar-refractivity contribution in [3.63, 3.8) is 0 Å². The zero-order chi connectivity index (χ0) is 14.0. The summed E-state index contributed by atoms with van der Waals surface area (Å²) in [5, 5.41) is 0. The molecule has 0 aromatic rings. The van der Waals surface area contributed by atoms with E-state index in [-0.39, 0.29) is 5.91 Å². The highest BCUT2D eigenvalue weighted by atomic mass is 16.6. The summed E-state index contributed by atoms with van der Waals surface area (Å²) in [5.74, 6) is 1.10. The van der Waals surface area contributed by atoms with Crippen LogP contribution in [0.15, 0.2) is 11.5 Å². The first-order valence-electron chi connectivity index (χ1n) is 7.96. The maximum atomic E-state index is 12.6. The van der Waals surface area contributed by atoms with Crippen LogP contribution in [0.3, 0.4) is 0 Å². The van der Waals surface area contributed by atoms with Gasteiger partial charge in [0.05, 0.1) is 0 Å². The molecule has 4 heteroatoms. The maximum Gasteiger partial charge on any atom is 0.292 e. The molecule has 0 aromatic carbocycles. The second-order valence-electron chi connectivity index (χ2n) is 6.47. The van der Waals surface area contributed by atoms with Crippen LogP contribution in [-0.2, 0) is 14.3 Å². The van der Waals surface area contributed by atoms with Gasteiger partial charge in [-0.3, -0.25) is 4.79 Å². The SMILES string of the molecule is CC1=C(C(=O)N2CCC3(CCCCCC3)C2)OCCO1. The van der Waals surface area contributed by atoms with Gasteiger partial charge in [-0.05, 0) is 31.6 Å². The van der Waals surface area contributed by atoms with Crippen molar-refractivity contribution in [3.8, 4) is 0 Å². The molecule has 0 N–H and O–H groups in total. The Hall–Kier alpha value is -1.19. The molecular formula is C16H25NO3. The number of nitrogens with zero attached hydrogens (tertiary/aromatic N) is 1. The molecule has 112 valence electrons.